The minimum atomic E-state index is -0.556. The van der Waals surface area contributed by atoms with Crippen molar-refractivity contribution in [3.8, 4) is 0 Å². The number of esters is 1. The fraction of sp³-hybridized carbons (Fsp3) is 0.636. The van der Waals surface area contributed by atoms with Crippen molar-refractivity contribution >= 4 is 11.7 Å². The van der Waals surface area contributed by atoms with E-state index in [-0.39, 0.29) is 30.6 Å². The second-order valence-electron chi connectivity index (χ2n) is 3.63. The lowest BCUT2D eigenvalue weighted by molar-refractivity contribution is -0.138. The van der Waals surface area contributed by atoms with Crippen LogP contribution in [0.1, 0.15) is 26.7 Å². The topological polar surface area (TPSA) is 79.1 Å². The standard InChI is InChI=1S/C11H17NO4/c1-3-16-11(15)10(7(2)14)9-5-4-8(6-13)12-9/h8,13-14H,3-6H2,1-2H3/b10-7-/t8-/m0/s1. The van der Waals surface area contributed by atoms with Crippen LogP contribution in [0.4, 0.5) is 0 Å². The highest BCUT2D eigenvalue weighted by atomic mass is 16.5. The summed E-state index contributed by atoms with van der Waals surface area (Å²) < 4.78 is 4.85. The summed E-state index contributed by atoms with van der Waals surface area (Å²) >= 11 is 0. The Hall–Kier alpha value is -1.36. The number of rotatable bonds is 4. The predicted octanol–water partition coefficient (Wildman–Crippen LogP) is 0.977. The molecular weight excluding hydrogens is 210 g/mol. The van der Waals surface area contributed by atoms with Crippen LogP contribution in [0.3, 0.4) is 0 Å². The van der Waals surface area contributed by atoms with E-state index in [0.717, 1.165) is 0 Å². The zero-order valence-electron chi connectivity index (χ0n) is 9.56. The summed E-state index contributed by atoms with van der Waals surface area (Å²) in [6.45, 7) is 3.35. The molecule has 0 aromatic rings. The van der Waals surface area contributed by atoms with E-state index in [1.54, 1.807) is 6.92 Å². The maximum Gasteiger partial charge on any atom is 0.343 e. The van der Waals surface area contributed by atoms with E-state index in [0.29, 0.717) is 18.6 Å². The Morgan fingerprint density at radius 3 is 2.75 bits per heavy atom. The quantitative estimate of drug-likeness (QED) is 0.426. The average Bonchev–Trinajstić information content (AvgIpc) is 2.66. The number of aliphatic imine (C=N–C) groups is 1. The van der Waals surface area contributed by atoms with Crippen molar-refractivity contribution in [1.29, 1.82) is 0 Å². The monoisotopic (exact) mass is 227 g/mol. The molecule has 0 bridgehead atoms. The number of aliphatic hydroxyl groups excluding tert-OH is 2. The molecule has 1 atom stereocenters. The number of aliphatic hydroxyl groups is 2. The first-order valence-electron chi connectivity index (χ1n) is 5.35. The molecule has 0 saturated carbocycles. The Bertz CT molecular complexity index is 329. The summed E-state index contributed by atoms with van der Waals surface area (Å²) in [7, 11) is 0. The smallest absolute Gasteiger partial charge is 0.343 e. The molecule has 0 aliphatic carbocycles. The molecule has 2 N–H and O–H groups in total. The van der Waals surface area contributed by atoms with Crippen LogP contribution in [0, 0.1) is 0 Å². The summed E-state index contributed by atoms with van der Waals surface area (Å²) in [6, 6.07) is -0.168. The third-order valence-corrected chi connectivity index (χ3v) is 2.39. The van der Waals surface area contributed by atoms with E-state index in [4.69, 9.17) is 9.84 Å². The highest BCUT2D eigenvalue weighted by Gasteiger charge is 2.26. The van der Waals surface area contributed by atoms with Gasteiger partial charge in [-0.25, -0.2) is 4.79 Å². The van der Waals surface area contributed by atoms with Crippen LogP contribution in [0.2, 0.25) is 0 Å². The summed E-state index contributed by atoms with van der Waals surface area (Å²) in [5, 5.41) is 18.4. The molecule has 1 heterocycles. The Morgan fingerprint density at radius 1 is 1.62 bits per heavy atom. The number of hydrogen-bond donors (Lipinski definition) is 2. The average molecular weight is 227 g/mol. The Balaban J connectivity index is 2.89. The van der Waals surface area contributed by atoms with Crippen LogP contribution >= 0.6 is 0 Å². The van der Waals surface area contributed by atoms with Gasteiger partial charge in [-0.05, 0) is 26.7 Å². The van der Waals surface area contributed by atoms with Crippen molar-refractivity contribution in [1.82, 2.24) is 0 Å². The van der Waals surface area contributed by atoms with Gasteiger partial charge in [0, 0.05) is 0 Å². The lowest BCUT2D eigenvalue weighted by atomic mass is 10.1. The minimum absolute atomic E-state index is 0.0376. The van der Waals surface area contributed by atoms with Gasteiger partial charge < -0.3 is 14.9 Å². The summed E-state index contributed by atoms with van der Waals surface area (Å²) in [5.74, 6) is -0.643. The first-order chi connectivity index (χ1) is 7.60. The zero-order valence-corrected chi connectivity index (χ0v) is 9.56. The summed E-state index contributed by atoms with van der Waals surface area (Å²) in [6.07, 6.45) is 1.28. The molecular formula is C11H17NO4. The number of hydrogen-bond acceptors (Lipinski definition) is 5. The van der Waals surface area contributed by atoms with E-state index in [1.165, 1.54) is 6.92 Å². The van der Waals surface area contributed by atoms with Gasteiger partial charge in [0.1, 0.15) is 11.3 Å². The fourth-order valence-electron chi connectivity index (χ4n) is 1.65. The lowest BCUT2D eigenvalue weighted by Crippen LogP contribution is -2.16. The maximum absolute atomic E-state index is 11.6. The van der Waals surface area contributed by atoms with Gasteiger partial charge in [0.05, 0.1) is 25.0 Å². The van der Waals surface area contributed by atoms with Crippen LogP contribution in [0.15, 0.2) is 16.3 Å². The largest absolute Gasteiger partial charge is 0.512 e. The summed E-state index contributed by atoms with van der Waals surface area (Å²) in [5.41, 5.74) is 0.662. The number of allylic oxidation sites excluding steroid dienone is 1. The number of carbonyl (C=O) groups is 1. The normalized spacial score (nSPS) is 21.4. The molecule has 0 unspecified atom stereocenters. The second kappa shape index (κ2) is 5.65. The first kappa shape index (κ1) is 12.7. The van der Waals surface area contributed by atoms with E-state index in [9.17, 15) is 9.90 Å². The molecule has 0 saturated heterocycles. The molecule has 0 amide bonds. The van der Waals surface area contributed by atoms with E-state index in [2.05, 4.69) is 4.99 Å². The van der Waals surface area contributed by atoms with Gasteiger partial charge in [-0.3, -0.25) is 4.99 Å². The Morgan fingerprint density at radius 2 is 2.31 bits per heavy atom. The van der Waals surface area contributed by atoms with Crippen LogP contribution in [0.25, 0.3) is 0 Å². The van der Waals surface area contributed by atoms with Gasteiger partial charge in [-0.1, -0.05) is 0 Å². The highest BCUT2D eigenvalue weighted by Crippen LogP contribution is 2.20. The number of nitrogens with zero attached hydrogens (tertiary/aromatic N) is 1. The number of ether oxygens (including phenoxy) is 1. The minimum Gasteiger partial charge on any atom is -0.512 e. The number of carbonyl (C=O) groups excluding carboxylic acids is 1. The van der Waals surface area contributed by atoms with Gasteiger partial charge in [0.2, 0.25) is 0 Å². The summed E-state index contributed by atoms with van der Waals surface area (Å²) in [4.78, 5) is 15.8. The molecule has 1 aliphatic rings. The fourth-order valence-corrected chi connectivity index (χ4v) is 1.65. The van der Waals surface area contributed by atoms with Gasteiger partial charge >= 0.3 is 5.97 Å². The van der Waals surface area contributed by atoms with Crippen LogP contribution in [-0.4, -0.2) is 41.1 Å². The molecule has 1 aliphatic heterocycles. The molecule has 16 heavy (non-hydrogen) atoms. The van der Waals surface area contributed by atoms with E-state index >= 15 is 0 Å². The Labute approximate surface area is 94.5 Å². The van der Waals surface area contributed by atoms with Crippen molar-refractivity contribution in [2.24, 2.45) is 4.99 Å². The third-order valence-electron chi connectivity index (χ3n) is 2.39. The Kier molecular flexibility index (Phi) is 4.49. The van der Waals surface area contributed by atoms with Crippen molar-refractivity contribution < 1.29 is 19.7 Å². The van der Waals surface area contributed by atoms with Crippen LogP contribution in [0.5, 0.6) is 0 Å². The second-order valence-corrected chi connectivity index (χ2v) is 3.63. The first-order valence-corrected chi connectivity index (χ1v) is 5.35. The van der Waals surface area contributed by atoms with Crippen molar-refractivity contribution in [3.05, 3.63) is 11.3 Å². The van der Waals surface area contributed by atoms with Crippen molar-refractivity contribution in [2.45, 2.75) is 32.7 Å². The maximum atomic E-state index is 11.6. The molecule has 5 nitrogen and oxygen atoms in total. The third kappa shape index (κ3) is 2.82. The van der Waals surface area contributed by atoms with Gasteiger partial charge in [0.15, 0.2) is 0 Å². The van der Waals surface area contributed by atoms with Crippen molar-refractivity contribution in [2.75, 3.05) is 13.2 Å². The highest BCUT2D eigenvalue weighted by molar-refractivity contribution is 6.20. The molecule has 5 heteroatoms. The SMILES string of the molecule is CCOC(=O)/C(C1=N[C@H](CO)CC1)=C(/C)O. The van der Waals surface area contributed by atoms with E-state index < -0.39 is 5.97 Å². The van der Waals surface area contributed by atoms with Crippen LogP contribution < -0.4 is 0 Å². The van der Waals surface area contributed by atoms with Crippen molar-refractivity contribution in [3.63, 3.8) is 0 Å². The van der Waals surface area contributed by atoms with Crippen LogP contribution in [-0.2, 0) is 9.53 Å². The lowest BCUT2D eigenvalue weighted by Gasteiger charge is -2.07. The van der Waals surface area contributed by atoms with Gasteiger partial charge in [-0.15, -0.1) is 0 Å². The van der Waals surface area contributed by atoms with Gasteiger partial charge in [-0.2, -0.15) is 0 Å². The molecule has 90 valence electrons. The molecule has 0 aromatic carbocycles. The molecule has 0 aromatic heterocycles. The molecule has 0 spiro atoms. The predicted molar refractivity (Wildman–Crippen MR) is 59.5 cm³/mol. The molecule has 0 fully saturated rings. The van der Waals surface area contributed by atoms with Gasteiger partial charge in [0.25, 0.3) is 0 Å². The van der Waals surface area contributed by atoms with E-state index in [1.807, 2.05) is 0 Å². The molecule has 1 rings (SSSR count). The molecule has 0 radical (unpaired) electrons. The zero-order chi connectivity index (χ0) is 12.1.